The highest BCUT2D eigenvalue weighted by atomic mass is 32.2. The molecular formula is C17H26N4OS. The van der Waals surface area contributed by atoms with Crippen molar-refractivity contribution < 1.29 is 4.79 Å². The molecule has 0 saturated carbocycles. The number of carbonyl (C=O) groups is 1. The Morgan fingerprint density at radius 3 is 2.91 bits per heavy atom. The lowest BCUT2D eigenvalue weighted by atomic mass is 9.94. The zero-order valence-corrected chi connectivity index (χ0v) is 14.5. The van der Waals surface area contributed by atoms with E-state index in [9.17, 15) is 4.79 Å². The van der Waals surface area contributed by atoms with Crippen LogP contribution in [0, 0.1) is 0 Å². The number of carbonyl (C=O) groups excluding carboxylic acids is 1. The summed E-state index contributed by atoms with van der Waals surface area (Å²) >= 11 is 1.78. The average molecular weight is 334 g/mol. The van der Waals surface area contributed by atoms with E-state index in [4.69, 9.17) is 0 Å². The van der Waals surface area contributed by atoms with Crippen molar-refractivity contribution in [1.82, 2.24) is 19.8 Å². The predicted octanol–water partition coefficient (Wildman–Crippen LogP) is 2.01. The van der Waals surface area contributed by atoms with Gasteiger partial charge in [0.25, 0.3) is 0 Å². The van der Waals surface area contributed by atoms with Gasteiger partial charge in [-0.15, -0.1) is 0 Å². The molecule has 126 valence electrons. The summed E-state index contributed by atoms with van der Waals surface area (Å²) in [6, 6.07) is 1.98. The molecule has 5 nitrogen and oxygen atoms in total. The topological polar surface area (TPSA) is 49.3 Å². The van der Waals surface area contributed by atoms with Crippen LogP contribution in [-0.4, -0.2) is 69.9 Å². The van der Waals surface area contributed by atoms with Gasteiger partial charge in [-0.25, -0.2) is 9.97 Å². The lowest BCUT2D eigenvalue weighted by Crippen LogP contribution is -2.40. The third-order valence-corrected chi connectivity index (χ3v) is 5.70. The average Bonchev–Trinajstić information content (AvgIpc) is 3.13. The molecule has 1 amide bonds. The third-order valence-electron chi connectivity index (χ3n) is 4.77. The van der Waals surface area contributed by atoms with Gasteiger partial charge in [-0.1, -0.05) is 0 Å². The summed E-state index contributed by atoms with van der Waals surface area (Å²) in [6.45, 7) is 5.31. The Morgan fingerprint density at radius 2 is 2.13 bits per heavy atom. The summed E-state index contributed by atoms with van der Waals surface area (Å²) in [6.07, 6.45) is 8.24. The quantitative estimate of drug-likeness (QED) is 0.745. The fourth-order valence-corrected chi connectivity index (χ4v) is 4.33. The number of rotatable bonds is 6. The molecule has 1 atom stereocenters. The van der Waals surface area contributed by atoms with E-state index in [1.165, 1.54) is 25.9 Å². The van der Waals surface area contributed by atoms with Crippen LogP contribution in [0.15, 0.2) is 18.6 Å². The summed E-state index contributed by atoms with van der Waals surface area (Å²) in [5.74, 6) is 2.33. The van der Waals surface area contributed by atoms with Crippen molar-refractivity contribution in [3.05, 3.63) is 24.3 Å². The molecule has 2 fully saturated rings. The summed E-state index contributed by atoms with van der Waals surface area (Å²) in [5, 5.41) is 0. The molecule has 3 rings (SSSR count). The molecule has 1 aromatic rings. The zero-order chi connectivity index (χ0) is 15.9. The smallest absolute Gasteiger partial charge is 0.232 e. The molecule has 0 aliphatic carbocycles. The highest BCUT2D eigenvalue weighted by Crippen LogP contribution is 2.25. The van der Waals surface area contributed by atoms with Crippen molar-refractivity contribution in [1.29, 1.82) is 0 Å². The van der Waals surface area contributed by atoms with Crippen molar-refractivity contribution >= 4 is 17.7 Å². The molecule has 2 saturated heterocycles. The Balaban J connectivity index is 1.40. The van der Waals surface area contributed by atoms with E-state index in [1.807, 2.05) is 11.0 Å². The Bertz CT molecular complexity index is 493. The SMILES string of the molecule is O=C(CSCCN1CCCC1)N1CCCC(c2ccncn2)C1. The van der Waals surface area contributed by atoms with Crippen LogP contribution in [0.4, 0.5) is 0 Å². The first-order chi connectivity index (χ1) is 11.3. The molecule has 23 heavy (non-hydrogen) atoms. The largest absolute Gasteiger partial charge is 0.341 e. The molecule has 0 radical (unpaired) electrons. The first kappa shape index (κ1) is 16.7. The number of thioether (sulfide) groups is 1. The molecule has 0 spiro atoms. The van der Waals surface area contributed by atoms with E-state index in [0.717, 1.165) is 43.9 Å². The van der Waals surface area contributed by atoms with Gasteiger partial charge in [0.05, 0.1) is 5.75 Å². The maximum absolute atomic E-state index is 12.4. The van der Waals surface area contributed by atoms with Crippen molar-refractivity contribution in [3.63, 3.8) is 0 Å². The normalized spacial score (nSPS) is 22.4. The summed E-state index contributed by atoms with van der Waals surface area (Å²) < 4.78 is 0. The second-order valence-electron chi connectivity index (χ2n) is 6.41. The number of piperidine rings is 1. The molecule has 0 N–H and O–H groups in total. The van der Waals surface area contributed by atoms with E-state index in [2.05, 4.69) is 14.9 Å². The molecule has 2 aliphatic heterocycles. The van der Waals surface area contributed by atoms with Crippen molar-refractivity contribution in [2.24, 2.45) is 0 Å². The van der Waals surface area contributed by atoms with Gasteiger partial charge in [0.1, 0.15) is 6.33 Å². The van der Waals surface area contributed by atoms with Gasteiger partial charge >= 0.3 is 0 Å². The van der Waals surface area contributed by atoms with E-state index >= 15 is 0 Å². The van der Waals surface area contributed by atoms with E-state index in [0.29, 0.717) is 11.7 Å². The lowest BCUT2D eigenvalue weighted by Gasteiger charge is -2.32. The molecule has 3 heterocycles. The summed E-state index contributed by atoms with van der Waals surface area (Å²) in [5.41, 5.74) is 1.07. The van der Waals surface area contributed by atoms with Gasteiger partial charge in [-0.3, -0.25) is 4.79 Å². The highest BCUT2D eigenvalue weighted by Gasteiger charge is 2.25. The number of nitrogens with zero attached hydrogens (tertiary/aromatic N) is 4. The van der Waals surface area contributed by atoms with Crippen LogP contribution in [0.1, 0.15) is 37.3 Å². The first-order valence-corrected chi connectivity index (χ1v) is 9.82. The molecule has 6 heteroatoms. The van der Waals surface area contributed by atoms with Crippen LogP contribution in [-0.2, 0) is 4.79 Å². The Hall–Kier alpha value is -1.14. The zero-order valence-electron chi connectivity index (χ0n) is 13.7. The standard InChI is InChI=1S/C17H26N4OS/c22-17(13-23-11-10-20-7-1-2-8-20)21-9-3-4-15(12-21)16-5-6-18-14-19-16/h5-6,14-15H,1-4,7-13H2. The van der Waals surface area contributed by atoms with E-state index in [-0.39, 0.29) is 5.91 Å². The maximum atomic E-state index is 12.4. The van der Waals surface area contributed by atoms with Crippen LogP contribution in [0.25, 0.3) is 0 Å². The molecule has 2 aliphatic rings. The fraction of sp³-hybridized carbons (Fsp3) is 0.706. The van der Waals surface area contributed by atoms with Gasteiger partial charge in [0.2, 0.25) is 5.91 Å². The third kappa shape index (κ3) is 4.91. The Kier molecular flexibility index (Phi) is 6.28. The second-order valence-corrected chi connectivity index (χ2v) is 7.52. The Morgan fingerprint density at radius 1 is 1.26 bits per heavy atom. The van der Waals surface area contributed by atoms with Gasteiger partial charge in [-0.05, 0) is 44.8 Å². The number of hydrogen-bond acceptors (Lipinski definition) is 5. The highest BCUT2D eigenvalue weighted by molar-refractivity contribution is 7.99. The van der Waals surface area contributed by atoms with Gasteiger partial charge in [0.15, 0.2) is 0 Å². The number of hydrogen-bond donors (Lipinski definition) is 0. The van der Waals surface area contributed by atoms with E-state index in [1.54, 1.807) is 24.3 Å². The van der Waals surface area contributed by atoms with Crippen LogP contribution in [0.3, 0.4) is 0 Å². The predicted molar refractivity (Wildman–Crippen MR) is 93.6 cm³/mol. The maximum Gasteiger partial charge on any atom is 0.232 e. The molecular weight excluding hydrogens is 308 g/mol. The molecule has 0 bridgehead atoms. The lowest BCUT2D eigenvalue weighted by molar-refractivity contribution is -0.129. The molecule has 1 unspecified atom stereocenters. The molecule has 1 aromatic heterocycles. The van der Waals surface area contributed by atoms with Crippen LogP contribution in [0.5, 0.6) is 0 Å². The minimum Gasteiger partial charge on any atom is -0.341 e. The van der Waals surface area contributed by atoms with Crippen LogP contribution in [0.2, 0.25) is 0 Å². The van der Waals surface area contributed by atoms with Gasteiger partial charge in [0, 0.05) is 43.2 Å². The monoisotopic (exact) mass is 334 g/mol. The number of likely N-dealkylation sites (tertiary alicyclic amines) is 2. The van der Waals surface area contributed by atoms with Crippen molar-refractivity contribution in [3.8, 4) is 0 Å². The van der Waals surface area contributed by atoms with Gasteiger partial charge < -0.3 is 9.80 Å². The van der Waals surface area contributed by atoms with Crippen molar-refractivity contribution in [2.75, 3.05) is 44.2 Å². The summed E-state index contributed by atoms with van der Waals surface area (Å²) in [7, 11) is 0. The van der Waals surface area contributed by atoms with Crippen LogP contribution >= 0.6 is 11.8 Å². The second kappa shape index (κ2) is 8.64. The number of aromatic nitrogens is 2. The minimum absolute atomic E-state index is 0.287. The molecule has 0 aromatic carbocycles. The van der Waals surface area contributed by atoms with Crippen LogP contribution < -0.4 is 0 Å². The first-order valence-electron chi connectivity index (χ1n) is 8.67. The van der Waals surface area contributed by atoms with E-state index < -0.39 is 0 Å². The van der Waals surface area contributed by atoms with Gasteiger partial charge in [-0.2, -0.15) is 11.8 Å². The summed E-state index contributed by atoms with van der Waals surface area (Å²) in [4.78, 5) is 25.3. The van der Waals surface area contributed by atoms with Crippen molar-refractivity contribution in [2.45, 2.75) is 31.6 Å². The Labute approximate surface area is 142 Å². The number of amides is 1. The fourth-order valence-electron chi connectivity index (χ4n) is 3.44. The minimum atomic E-state index is 0.287.